The molecule has 62 valence electrons. The molecule has 0 fully saturated rings. The molecular formula is C7H18AuP. The van der Waals surface area contributed by atoms with Crippen LogP contribution >= 0.6 is 4.49 Å². The molecule has 0 aromatic rings. The van der Waals surface area contributed by atoms with Gasteiger partial charge in [0.15, 0.2) is 0 Å². The molecule has 0 atom stereocenters. The minimum atomic E-state index is -1.18. The molecule has 0 aromatic carbocycles. The number of rotatable bonds is 3. The van der Waals surface area contributed by atoms with E-state index in [9.17, 15) is 0 Å². The summed E-state index contributed by atoms with van der Waals surface area (Å²) in [6, 6.07) is 0. The van der Waals surface area contributed by atoms with Gasteiger partial charge in [-0.2, -0.15) is 0 Å². The van der Waals surface area contributed by atoms with E-state index >= 15 is 0 Å². The van der Waals surface area contributed by atoms with Gasteiger partial charge in [-0.05, 0) is 0 Å². The summed E-state index contributed by atoms with van der Waals surface area (Å²) >= 11 is 2.92. The van der Waals surface area contributed by atoms with Crippen molar-refractivity contribution in [2.75, 3.05) is 25.2 Å². The minimum absolute atomic E-state index is 1.18. The van der Waals surface area contributed by atoms with E-state index in [2.05, 4.69) is 48.0 Å². The van der Waals surface area contributed by atoms with Gasteiger partial charge in [-0.25, -0.2) is 0 Å². The zero-order valence-electron chi connectivity index (χ0n) is 6.87. The van der Waals surface area contributed by atoms with Crippen molar-refractivity contribution in [2.24, 2.45) is 0 Å². The molecule has 0 spiro atoms. The fourth-order valence-corrected chi connectivity index (χ4v) is 2.01. The molecule has 2 heteroatoms. The summed E-state index contributed by atoms with van der Waals surface area (Å²) in [5.74, 6) is 0. The van der Waals surface area contributed by atoms with Crippen LogP contribution in [-0.4, -0.2) is 25.2 Å². The van der Waals surface area contributed by atoms with Crippen LogP contribution in [0.3, 0.4) is 0 Å². The Morgan fingerprint density at radius 2 is 1.22 bits per heavy atom. The monoisotopic (exact) mass is 330 g/mol. The SMILES string of the molecule is CC[P](C)([Au])(CC)CC. The van der Waals surface area contributed by atoms with E-state index in [1.165, 1.54) is 18.5 Å². The molecule has 0 N–H and O–H groups in total. The summed E-state index contributed by atoms with van der Waals surface area (Å²) in [7, 11) is 0. The second kappa shape index (κ2) is 3.05. The third-order valence-corrected chi connectivity index (χ3v) is 13.9. The quantitative estimate of drug-likeness (QED) is 0.551. The Morgan fingerprint density at radius 1 is 1.00 bits per heavy atom. The van der Waals surface area contributed by atoms with Crippen molar-refractivity contribution in [2.45, 2.75) is 20.8 Å². The second-order valence-corrected chi connectivity index (χ2v) is 18.0. The van der Waals surface area contributed by atoms with Crippen LogP contribution in [0, 0.1) is 0 Å². The van der Waals surface area contributed by atoms with Crippen molar-refractivity contribution >= 4 is 4.49 Å². The van der Waals surface area contributed by atoms with E-state index in [0.717, 1.165) is 0 Å². The van der Waals surface area contributed by atoms with Gasteiger partial charge in [0.05, 0.1) is 0 Å². The van der Waals surface area contributed by atoms with E-state index in [4.69, 9.17) is 0 Å². The predicted octanol–water partition coefficient (Wildman–Crippen LogP) is 2.69. The summed E-state index contributed by atoms with van der Waals surface area (Å²) in [6.45, 7) is 9.45. The fourth-order valence-electron chi connectivity index (χ4n) is 0.671. The zero-order chi connectivity index (χ0) is 7.57. The van der Waals surface area contributed by atoms with Gasteiger partial charge in [-0.3, -0.25) is 0 Å². The van der Waals surface area contributed by atoms with Crippen molar-refractivity contribution in [3.05, 3.63) is 0 Å². The van der Waals surface area contributed by atoms with Crippen molar-refractivity contribution in [3.63, 3.8) is 0 Å². The average Bonchev–Trinajstić information content (AvgIpc) is 1.90. The maximum absolute atomic E-state index is 2.92. The molecule has 0 saturated heterocycles. The molecule has 0 aliphatic rings. The Bertz CT molecular complexity index is 80.1. The van der Waals surface area contributed by atoms with Crippen LogP contribution in [0.2, 0.25) is 0 Å². The maximum atomic E-state index is 2.92. The molecule has 0 rings (SSSR count). The van der Waals surface area contributed by atoms with Crippen LogP contribution in [0.15, 0.2) is 0 Å². The standard InChI is InChI=1S/C7H18P.Au/c1-5-8(4,6-2)7-3;/h5-7H2,1-4H3;/q+1;-1. The van der Waals surface area contributed by atoms with E-state index in [1.807, 2.05) is 0 Å². The topological polar surface area (TPSA) is 0 Å². The van der Waals surface area contributed by atoms with Crippen LogP contribution in [0.5, 0.6) is 0 Å². The van der Waals surface area contributed by atoms with E-state index < -0.39 is 4.49 Å². The van der Waals surface area contributed by atoms with Gasteiger partial charge in [-0.1, -0.05) is 0 Å². The van der Waals surface area contributed by atoms with Crippen molar-refractivity contribution in [1.29, 1.82) is 0 Å². The van der Waals surface area contributed by atoms with Crippen LogP contribution in [0.1, 0.15) is 20.8 Å². The van der Waals surface area contributed by atoms with Crippen LogP contribution < -0.4 is 0 Å². The first-order valence-electron chi connectivity index (χ1n) is 3.65. The van der Waals surface area contributed by atoms with Crippen molar-refractivity contribution < 1.29 is 20.5 Å². The van der Waals surface area contributed by atoms with Crippen LogP contribution in [-0.2, 0) is 20.5 Å². The van der Waals surface area contributed by atoms with E-state index in [0.29, 0.717) is 0 Å². The Morgan fingerprint density at radius 3 is 1.22 bits per heavy atom. The molecule has 0 nitrogen and oxygen atoms in total. The fraction of sp³-hybridized carbons (Fsp3) is 1.00. The Kier molecular flexibility index (Phi) is 3.44. The molecule has 9 heavy (non-hydrogen) atoms. The number of hydrogen-bond donors (Lipinski definition) is 0. The average molecular weight is 330 g/mol. The summed E-state index contributed by atoms with van der Waals surface area (Å²) < 4.78 is -1.18. The molecule has 0 amide bonds. The molecule has 0 saturated carbocycles. The first kappa shape index (κ1) is 10.2. The summed E-state index contributed by atoms with van der Waals surface area (Å²) in [4.78, 5) is 0. The van der Waals surface area contributed by atoms with Crippen LogP contribution in [0.4, 0.5) is 0 Å². The summed E-state index contributed by atoms with van der Waals surface area (Å²) in [5, 5.41) is 0. The molecule has 0 radical (unpaired) electrons. The molecule has 0 unspecified atom stereocenters. The molecule has 0 aliphatic heterocycles. The third kappa shape index (κ3) is 2.72. The zero-order valence-corrected chi connectivity index (χ0v) is 9.93. The van der Waals surface area contributed by atoms with E-state index in [1.54, 1.807) is 0 Å². The Hall–Kier alpha value is 1.17. The van der Waals surface area contributed by atoms with Gasteiger partial charge in [0.25, 0.3) is 0 Å². The molecule has 0 bridgehead atoms. The van der Waals surface area contributed by atoms with Gasteiger partial charge in [0, 0.05) is 0 Å². The Labute approximate surface area is 71.0 Å². The predicted molar refractivity (Wildman–Crippen MR) is 44.5 cm³/mol. The summed E-state index contributed by atoms with van der Waals surface area (Å²) in [5.41, 5.74) is 0. The normalized spacial score (nSPS) is 16.9. The molecular weight excluding hydrogens is 312 g/mol. The van der Waals surface area contributed by atoms with Crippen LogP contribution in [0.25, 0.3) is 0 Å². The first-order chi connectivity index (χ1) is 3.96. The van der Waals surface area contributed by atoms with Gasteiger partial charge in [0.1, 0.15) is 0 Å². The van der Waals surface area contributed by atoms with Gasteiger partial charge < -0.3 is 0 Å². The van der Waals surface area contributed by atoms with Gasteiger partial charge >= 0.3 is 71.0 Å². The van der Waals surface area contributed by atoms with Gasteiger partial charge in [-0.15, -0.1) is 0 Å². The molecule has 0 aromatic heterocycles. The van der Waals surface area contributed by atoms with E-state index in [-0.39, 0.29) is 0 Å². The third-order valence-electron chi connectivity index (χ3n) is 2.58. The summed E-state index contributed by atoms with van der Waals surface area (Å²) in [6.07, 6.45) is 4.17. The molecule has 0 aliphatic carbocycles. The molecule has 0 heterocycles. The first-order valence-corrected chi connectivity index (χ1v) is 9.62. The van der Waals surface area contributed by atoms with Crippen molar-refractivity contribution in [3.8, 4) is 0 Å². The van der Waals surface area contributed by atoms with Crippen molar-refractivity contribution in [1.82, 2.24) is 0 Å². The van der Waals surface area contributed by atoms with Gasteiger partial charge in [0.2, 0.25) is 0 Å². The number of hydrogen-bond acceptors (Lipinski definition) is 0. The second-order valence-electron chi connectivity index (χ2n) is 2.99. The Balaban J connectivity index is 4.20.